The Kier molecular flexibility index (Phi) is 9.75. The Hall–Kier alpha value is -1.88. The van der Waals surface area contributed by atoms with Gasteiger partial charge in [-0.1, -0.05) is 24.3 Å². The number of para-hydroxylation sites is 1. The lowest BCUT2D eigenvalue weighted by Gasteiger charge is -2.25. The summed E-state index contributed by atoms with van der Waals surface area (Å²) in [6, 6.07) is 13.1. The molecular formula is C23H32FIN4O2S. The molecule has 0 fully saturated rings. The number of nitrogens with zero attached hydrogens (tertiary/aromatic N) is 2. The molecule has 1 heterocycles. The van der Waals surface area contributed by atoms with Gasteiger partial charge in [0.15, 0.2) is 15.8 Å². The summed E-state index contributed by atoms with van der Waals surface area (Å²) in [5.41, 5.74) is 3.81. The molecule has 0 aromatic heterocycles. The molecule has 3 rings (SSSR count). The minimum absolute atomic E-state index is 0. The molecule has 2 aromatic carbocycles. The van der Waals surface area contributed by atoms with Crippen LogP contribution in [0.15, 0.2) is 47.5 Å². The highest BCUT2D eigenvalue weighted by atomic mass is 127. The van der Waals surface area contributed by atoms with Gasteiger partial charge in [-0.2, -0.15) is 0 Å². The van der Waals surface area contributed by atoms with Gasteiger partial charge in [-0.25, -0.2) is 17.8 Å². The first-order valence-electron chi connectivity index (χ1n) is 10.6. The average Bonchev–Trinajstić information content (AvgIpc) is 3.02. The van der Waals surface area contributed by atoms with Crippen LogP contribution in [0.4, 0.5) is 10.1 Å². The van der Waals surface area contributed by atoms with E-state index in [4.69, 9.17) is 0 Å². The summed E-state index contributed by atoms with van der Waals surface area (Å²) in [6.45, 7) is 6.63. The summed E-state index contributed by atoms with van der Waals surface area (Å²) in [4.78, 5) is 6.95. The van der Waals surface area contributed by atoms with E-state index < -0.39 is 15.7 Å². The first kappa shape index (κ1) is 26.4. The summed E-state index contributed by atoms with van der Waals surface area (Å²) in [5, 5.41) is 6.54. The molecule has 0 aliphatic carbocycles. The van der Waals surface area contributed by atoms with E-state index in [0.29, 0.717) is 36.2 Å². The molecule has 9 heteroatoms. The van der Waals surface area contributed by atoms with Crippen molar-refractivity contribution in [2.24, 2.45) is 4.99 Å². The lowest BCUT2D eigenvalue weighted by Crippen LogP contribution is -2.42. The lowest BCUT2D eigenvalue weighted by molar-refractivity contribution is 0.600. The number of guanidine groups is 1. The maximum Gasteiger partial charge on any atom is 0.191 e. The van der Waals surface area contributed by atoms with E-state index in [0.717, 1.165) is 13.0 Å². The fourth-order valence-corrected chi connectivity index (χ4v) is 4.78. The van der Waals surface area contributed by atoms with Crippen molar-refractivity contribution in [1.82, 2.24) is 10.6 Å². The van der Waals surface area contributed by atoms with Gasteiger partial charge < -0.3 is 15.5 Å². The van der Waals surface area contributed by atoms with Gasteiger partial charge in [0, 0.05) is 37.6 Å². The number of fused-ring (bicyclic) bond motifs is 1. The highest BCUT2D eigenvalue weighted by molar-refractivity contribution is 14.0. The molecule has 0 saturated heterocycles. The summed E-state index contributed by atoms with van der Waals surface area (Å²) in [5.74, 6) is 0.0910. The zero-order valence-electron chi connectivity index (χ0n) is 18.8. The van der Waals surface area contributed by atoms with Crippen molar-refractivity contribution < 1.29 is 12.8 Å². The zero-order chi connectivity index (χ0) is 22.4. The van der Waals surface area contributed by atoms with Crippen molar-refractivity contribution in [3.63, 3.8) is 0 Å². The van der Waals surface area contributed by atoms with Crippen molar-refractivity contribution >= 4 is 45.5 Å². The predicted octanol–water partition coefficient (Wildman–Crippen LogP) is 3.49. The second kappa shape index (κ2) is 11.8. The Balaban J connectivity index is 0.00000363. The third kappa shape index (κ3) is 7.33. The van der Waals surface area contributed by atoms with Gasteiger partial charge >= 0.3 is 0 Å². The van der Waals surface area contributed by atoms with Crippen LogP contribution in [0.2, 0.25) is 0 Å². The van der Waals surface area contributed by atoms with Gasteiger partial charge in [-0.3, -0.25) is 0 Å². The van der Waals surface area contributed by atoms with E-state index in [1.54, 1.807) is 0 Å². The van der Waals surface area contributed by atoms with E-state index in [-0.39, 0.29) is 36.3 Å². The monoisotopic (exact) mass is 574 g/mol. The van der Waals surface area contributed by atoms with Crippen molar-refractivity contribution in [3.05, 3.63) is 65.0 Å². The Morgan fingerprint density at radius 2 is 1.94 bits per heavy atom. The number of hydrogen-bond acceptors (Lipinski definition) is 4. The van der Waals surface area contributed by atoms with Gasteiger partial charge in [-0.05, 0) is 55.2 Å². The topological polar surface area (TPSA) is 73.8 Å². The van der Waals surface area contributed by atoms with Crippen molar-refractivity contribution in [3.8, 4) is 0 Å². The van der Waals surface area contributed by atoms with Crippen LogP contribution in [-0.2, 0) is 28.6 Å². The van der Waals surface area contributed by atoms with Gasteiger partial charge in [0.1, 0.15) is 5.82 Å². The quantitative estimate of drug-likeness (QED) is 0.287. The summed E-state index contributed by atoms with van der Waals surface area (Å²) < 4.78 is 37.2. The molecule has 0 saturated carbocycles. The van der Waals surface area contributed by atoms with E-state index in [1.807, 2.05) is 6.92 Å². The third-order valence-corrected chi connectivity index (χ3v) is 6.17. The van der Waals surface area contributed by atoms with Gasteiger partial charge in [-0.15, -0.1) is 24.0 Å². The smallest absolute Gasteiger partial charge is 0.191 e. The molecule has 2 aromatic rings. The van der Waals surface area contributed by atoms with E-state index in [2.05, 4.69) is 51.7 Å². The number of aliphatic imine (C=N–C) groups is 1. The molecule has 1 unspecified atom stereocenters. The van der Waals surface area contributed by atoms with E-state index in [1.165, 1.54) is 35.7 Å². The van der Waals surface area contributed by atoms with Crippen LogP contribution in [0.5, 0.6) is 0 Å². The standard InChI is InChI=1S/C23H31FN4O2S.HI/c1-4-25-23(26-11-12-28-17(2)13-18-7-5-6-8-22(18)28)27-15-20-14-21(24)10-9-19(20)16-31(3,29)30;/h5-10,14,17H,4,11-13,15-16H2,1-3H3,(H2,25,26,27);1H. The number of rotatable bonds is 8. The van der Waals surface area contributed by atoms with E-state index >= 15 is 0 Å². The summed E-state index contributed by atoms with van der Waals surface area (Å²) >= 11 is 0. The minimum Gasteiger partial charge on any atom is -0.367 e. The van der Waals surface area contributed by atoms with Crippen molar-refractivity contribution in [2.45, 2.75) is 38.6 Å². The maximum atomic E-state index is 13.8. The molecule has 0 spiro atoms. The van der Waals surface area contributed by atoms with Crippen LogP contribution in [0.1, 0.15) is 30.5 Å². The number of sulfone groups is 1. The summed E-state index contributed by atoms with van der Waals surface area (Å²) in [7, 11) is -3.22. The Morgan fingerprint density at radius 1 is 1.19 bits per heavy atom. The molecule has 1 aliphatic heterocycles. The normalized spacial score (nSPS) is 15.8. The predicted molar refractivity (Wildman–Crippen MR) is 140 cm³/mol. The minimum atomic E-state index is -3.22. The Labute approximate surface area is 207 Å². The Bertz CT molecular complexity index is 1050. The average molecular weight is 575 g/mol. The van der Waals surface area contributed by atoms with Crippen molar-refractivity contribution in [2.75, 3.05) is 30.8 Å². The van der Waals surface area contributed by atoms with Crippen LogP contribution < -0.4 is 15.5 Å². The highest BCUT2D eigenvalue weighted by Crippen LogP contribution is 2.31. The molecular weight excluding hydrogens is 542 g/mol. The molecule has 1 atom stereocenters. The fraction of sp³-hybridized carbons (Fsp3) is 0.435. The number of anilines is 1. The first-order chi connectivity index (χ1) is 14.8. The fourth-order valence-electron chi connectivity index (χ4n) is 3.94. The second-order valence-electron chi connectivity index (χ2n) is 7.98. The zero-order valence-corrected chi connectivity index (χ0v) is 21.9. The van der Waals surface area contributed by atoms with E-state index in [9.17, 15) is 12.8 Å². The highest BCUT2D eigenvalue weighted by Gasteiger charge is 2.24. The molecule has 0 bridgehead atoms. The number of halogens is 2. The largest absolute Gasteiger partial charge is 0.367 e. The van der Waals surface area contributed by atoms with Gasteiger partial charge in [0.25, 0.3) is 0 Å². The first-order valence-corrected chi connectivity index (χ1v) is 12.6. The van der Waals surface area contributed by atoms with Crippen LogP contribution in [0.25, 0.3) is 0 Å². The van der Waals surface area contributed by atoms with Crippen LogP contribution in [0, 0.1) is 5.82 Å². The SMILES string of the molecule is CCNC(=NCc1cc(F)ccc1CS(C)(=O)=O)NCCN1c2ccccc2CC1C.I. The second-order valence-corrected chi connectivity index (χ2v) is 10.1. The molecule has 0 radical (unpaired) electrons. The third-order valence-electron chi connectivity index (χ3n) is 5.33. The molecule has 32 heavy (non-hydrogen) atoms. The molecule has 2 N–H and O–H groups in total. The number of benzene rings is 2. The van der Waals surface area contributed by atoms with Crippen LogP contribution in [0.3, 0.4) is 0 Å². The Morgan fingerprint density at radius 3 is 2.66 bits per heavy atom. The summed E-state index contributed by atoms with van der Waals surface area (Å²) in [6.07, 6.45) is 2.22. The molecule has 0 amide bonds. The molecule has 6 nitrogen and oxygen atoms in total. The maximum absolute atomic E-state index is 13.8. The lowest BCUT2D eigenvalue weighted by atomic mass is 10.1. The number of hydrogen-bond donors (Lipinski definition) is 2. The van der Waals surface area contributed by atoms with Crippen LogP contribution in [-0.4, -0.2) is 46.3 Å². The van der Waals surface area contributed by atoms with Gasteiger partial charge in [0.05, 0.1) is 12.3 Å². The number of nitrogens with one attached hydrogen (secondary N) is 2. The molecule has 1 aliphatic rings. The van der Waals surface area contributed by atoms with Gasteiger partial charge in [0.2, 0.25) is 0 Å². The van der Waals surface area contributed by atoms with Crippen molar-refractivity contribution in [1.29, 1.82) is 0 Å². The van der Waals surface area contributed by atoms with Crippen LogP contribution >= 0.6 is 24.0 Å². The molecule has 176 valence electrons.